The second-order valence-electron chi connectivity index (χ2n) is 7.97. The van der Waals surface area contributed by atoms with Crippen LogP contribution in [0.5, 0.6) is 5.75 Å². The van der Waals surface area contributed by atoms with Gasteiger partial charge >= 0.3 is 0 Å². The molecule has 26 heavy (non-hydrogen) atoms. The van der Waals surface area contributed by atoms with E-state index in [1.807, 2.05) is 23.1 Å². The molecule has 5 heteroatoms. The first-order valence-corrected chi connectivity index (χ1v) is 9.89. The normalized spacial score (nSPS) is 27.6. The van der Waals surface area contributed by atoms with Gasteiger partial charge in [0.15, 0.2) is 0 Å². The second-order valence-corrected chi connectivity index (χ2v) is 7.97. The fourth-order valence-corrected chi connectivity index (χ4v) is 4.52. The van der Waals surface area contributed by atoms with Crippen molar-refractivity contribution in [3.63, 3.8) is 0 Å². The van der Waals surface area contributed by atoms with Gasteiger partial charge in [0.1, 0.15) is 5.75 Å². The zero-order valence-electron chi connectivity index (χ0n) is 15.2. The number of hydrogen-bond acceptors (Lipinski definition) is 4. The Kier molecular flexibility index (Phi) is 4.43. The molecule has 2 atom stereocenters. The number of aromatic nitrogens is 2. The third-order valence-electron chi connectivity index (χ3n) is 6.19. The van der Waals surface area contributed by atoms with E-state index in [1.54, 1.807) is 0 Å². The highest BCUT2D eigenvalue weighted by atomic mass is 16.5. The van der Waals surface area contributed by atoms with Crippen LogP contribution in [0.3, 0.4) is 0 Å². The number of hydrogen-bond donors (Lipinski definition) is 0. The lowest BCUT2D eigenvalue weighted by Gasteiger charge is -2.18. The highest BCUT2D eigenvalue weighted by Crippen LogP contribution is 2.50. The first-order chi connectivity index (χ1) is 12.9. The van der Waals surface area contributed by atoms with E-state index < -0.39 is 0 Å². The van der Waals surface area contributed by atoms with Crippen LogP contribution in [0.4, 0.5) is 0 Å². The van der Waals surface area contributed by atoms with Crippen LogP contribution in [-0.2, 0) is 17.8 Å². The van der Waals surface area contributed by atoms with Gasteiger partial charge in [-0.3, -0.25) is 9.58 Å². The molecule has 5 nitrogen and oxygen atoms in total. The first-order valence-electron chi connectivity index (χ1n) is 9.89. The van der Waals surface area contributed by atoms with Gasteiger partial charge in [-0.05, 0) is 55.5 Å². The quantitative estimate of drug-likeness (QED) is 0.767. The third kappa shape index (κ3) is 3.38. The van der Waals surface area contributed by atoms with Crippen LogP contribution >= 0.6 is 0 Å². The predicted octanol–water partition coefficient (Wildman–Crippen LogP) is 2.80. The Morgan fingerprint density at radius 2 is 1.96 bits per heavy atom. The molecule has 5 rings (SSSR count). The molecule has 1 saturated carbocycles. The predicted molar refractivity (Wildman–Crippen MR) is 99.1 cm³/mol. The molecule has 0 spiro atoms. The minimum atomic E-state index is 0.684. The van der Waals surface area contributed by atoms with E-state index in [-0.39, 0.29) is 0 Å². The summed E-state index contributed by atoms with van der Waals surface area (Å²) >= 11 is 0. The molecule has 0 N–H and O–H groups in total. The van der Waals surface area contributed by atoms with Crippen LogP contribution in [0.15, 0.2) is 36.7 Å². The highest BCUT2D eigenvalue weighted by molar-refractivity contribution is 5.38. The molecule has 2 aromatic rings. The second kappa shape index (κ2) is 7.05. The Morgan fingerprint density at radius 3 is 2.73 bits per heavy atom. The van der Waals surface area contributed by atoms with Gasteiger partial charge in [0.2, 0.25) is 0 Å². The van der Waals surface area contributed by atoms with E-state index in [0.29, 0.717) is 5.92 Å². The molecule has 1 aromatic heterocycles. The monoisotopic (exact) mass is 353 g/mol. The number of rotatable bonds is 7. The summed E-state index contributed by atoms with van der Waals surface area (Å²) in [6.45, 7) is 6.89. The van der Waals surface area contributed by atoms with Crippen molar-refractivity contribution in [1.82, 2.24) is 14.7 Å². The highest BCUT2D eigenvalue weighted by Gasteiger charge is 2.54. The van der Waals surface area contributed by atoms with Gasteiger partial charge in [0.05, 0.1) is 26.4 Å². The van der Waals surface area contributed by atoms with Crippen LogP contribution in [0, 0.1) is 17.8 Å². The van der Waals surface area contributed by atoms with Crippen molar-refractivity contribution in [1.29, 1.82) is 0 Å². The molecular weight excluding hydrogens is 326 g/mol. The molecule has 3 fully saturated rings. The Balaban J connectivity index is 1.31. The Labute approximate surface area is 154 Å². The summed E-state index contributed by atoms with van der Waals surface area (Å²) in [4.78, 5) is 2.54. The Morgan fingerprint density at radius 1 is 1.12 bits per heavy atom. The molecule has 2 unspecified atom stereocenters. The van der Waals surface area contributed by atoms with Crippen molar-refractivity contribution in [3.05, 3.63) is 47.8 Å². The summed E-state index contributed by atoms with van der Waals surface area (Å²) in [7, 11) is 0. The van der Waals surface area contributed by atoms with Crippen LogP contribution in [0.25, 0.3) is 0 Å². The number of benzene rings is 1. The Hall–Kier alpha value is -1.85. The van der Waals surface area contributed by atoms with Crippen molar-refractivity contribution < 1.29 is 9.47 Å². The van der Waals surface area contributed by atoms with E-state index in [1.165, 1.54) is 37.1 Å². The fraction of sp³-hybridized carbons (Fsp3) is 0.571. The maximum Gasteiger partial charge on any atom is 0.124 e. The average molecular weight is 353 g/mol. The molecule has 2 aliphatic heterocycles. The largest absolute Gasteiger partial charge is 0.493 e. The number of ether oxygens (including phenoxy) is 2. The zero-order chi connectivity index (χ0) is 17.3. The standard InChI is InChI=1S/C21H27N3O2/c1-2-8-23(7-1)11-16-4-5-17(12-24-9-3-6-22-24)21(10-16)26-15-20-18-13-25-14-19(18)20/h3-6,9-10,18-20H,1-2,7-8,11-15H2. The lowest BCUT2D eigenvalue weighted by atomic mass is 10.1. The maximum absolute atomic E-state index is 6.34. The van der Waals surface area contributed by atoms with Crippen molar-refractivity contribution >= 4 is 0 Å². The van der Waals surface area contributed by atoms with E-state index in [0.717, 1.165) is 50.5 Å². The van der Waals surface area contributed by atoms with E-state index in [4.69, 9.17) is 9.47 Å². The van der Waals surface area contributed by atoms with Crippen LogP contribution in [-0.4, -0.2) is 47.6 Å². The van der Waals surface area contributed by atoms with E-state index >= 15 is 0 Å². The van der Waals surface area contributed by atoms with Gasteiger partial charge in [-0.1, -0.05) is 12.1 Å². The SMILES string of the molecule is c1cnn(Cc2ccc(CN3CCCC3)cc2OCC2C3COCC32)c1. The third-order valence-corrected chi connectivity index (χ3v) is 6.19. The number of fused-ring (bicyclic) bond motifs is 1. The molecule has 0 radical (unpaired) electrons. The molecule has 3 heterocycles. The summed E-state index contributed by atoms with van der Waals surface area (Å²) in [5.41, 5.74) is 2.56. The summed E-state index contributed by atoms with van der Waals surface area (Å²) in [6, 6.07) is 8.70. The van der Waals surface area contributed by atoms with Gasteiger partial charge in [-0.25, -0.2) is 0 Å². The van der Waals surface area contributed by atoms with Gasteiger partial charge in [0.25, 0.3) is 0 Å². The topological polar surface area (TPSA) is 39.5 Å². The summed E-state index contributed by atoms with van der Waals surface area (Å²) in [5.74, 6) is 3.18. The van der Waals surface area contributed by atoms with Crippen LogP contribution in [0.2, 0.25) is 0 Å². The minimum absolute atomic E-state index is 0.684. The van der Waals surface area contributed by atoms with E-state index in [9.17, 15) is 0 Å². The lowest BCUT2D eigenvalue weighted by Crippen LogP contribution is -2.18. The number of nitrogens with zero attached hydrogens (tertiary/aromatic N) is 3. The maximum atomic E-state index is 6.34. The molecule has 0 amide bonds. The molecule has 1 aliphatic carbocycles. The molecule has 1 aromatic carbocycles. The molecule has 0 bridgehead atoms. The van der Waals surface area contributed by atoms with Gasteiger partial charge in [-0.15, -0.1) is 0 Å². The fourth-order valence-electron chi connectivity index (χ4n) is 4.52. The first kappa shape index (κ1) is 16.3. The zero-order valence-corrected chi connectivity index (χ0v) is 15.2. The molecule has 3 aliphatic rings. The van der Waals surface area contributed by atoms with Gasteiger partial charge in [0, 0.05) is 30.4 Å². The van der Waals surface area contributed by atoms with Crippen molar-refractivity contribution in [3.8, 4) is 5.75 Å². The summed E-state index contributed by atoms with van der Waals surface area (Å²) in [5, 5.41) is 4.35. The van der Waals surface area contributed by atoms with Crippen molar-refractivity contribution in [2.75, 3.05) is 32.9 Å². The average Bonchev–Trinajstić information content (AvgIpc) is 3.21. The van der Waals surface area contributed by atoms with Crippen molar-refractivity contribution in [2.45, 2.75) is 25.9 Å². The summed E-state index contributed by atoms with van der Waals surface area (Å²) < 4.78 is 13.8. The summed E-state index contributed by atoms with van der Waals surface area (Å²) in [6.07, 6.45) is 6.48. The Bertz CT molecular complexity index is 730. The van der Waals surface area contributed by atoms with Crippen molar-refractivity contribution in [2.24, 2.45) is 17.8 Å². The molecular formula is C21H27N3O2. The van der Waals surface area contributed by atoms with Gasteiger partial charge < -0.3 is 9.47 Å². The van der Waals surface area contributed by atoms with Gasteiger partial charge in [-0.2, -0.15) is 5.10 Å². The van der Waals surface area contributed by atoms with Crippen LogP contribution < -0.4 is 4.74 Å². The van der Waals surface area contributed by atoms with E-state index in [2.05, 4.69) is 28.2 Å². The lowest BCUT2D eigenvalue weighted by molar-refractivity contribution is 0.137. The smallest absolute Gasteiger partial charge is 0.124 e. The number of likely N-dealkylation sites (tertiary alicyclic amines) is 1. The minimum Gasteiger partial charge on any atom is -0.493 e. The molecule has 2 saturated heterocycles. The molecule has 138 valence electrons. The van der Waals surface area contributed by atoms with Crippen LogP contribution in [0.1, 0.15) is 24.0 Å².